The highest BCUT2D eigenvalue weighted by Gasteiger charge is 2.30. The van der Waals surface area contributed by atoms with E-state index in [-0.39, 0.29) is 12.5 Å². The summed E-state index contributed by atoms with van der Waals surface area (Å²) in [6, 6.07) is 13.2. The van der Waals surface area contributed by atoms with E-state index in [9.17, 15) is 19.6 Å². The molecule has 1 fully saturated rings. The molecule has 1 saturated carbocycles. The maximum Gasteiger partial charge on any atom is 0.229 e. The first-order chi connectivity index (χ1) is 13.9. The van der Waals surface area contributed by atoms with Crippen molar-refractivity contribution in [1.29, 1.82) is 5.26 Å². The van der Waals surface area contributed by atoms with Gasteiger partial charge in [-0.1, -0.05) is 12.1 Å². The molecule has 6 nitrogen and oxygen atoms in total. The summed E-state index contributed by atoms with van der Waals surface area (Å²) >= 11 is 0. The molecular weight excluding hydrogens is 371 g/mol. The fraction of sp³-hybridized carbons (Fsp3) is 0.318. The zero-order valence-electron chi connectivity index (χ0n) is 16.0. The lowest BCUT2D eigenvalue weighted by molar-refractivity contribution is -0.120. The summed E-state index contributed by atoms with van der Waals surface area (Å²) in [5.74, 6) is -0.487. The maximum absolute atomic E-state index is 13.5. The number of amides is 1. The van der Waals surface area contributed by atoms with Crippen LogP contribution in [0.15, 0.2) is 42.5 Å². The van der Waals surface area contributed by atoms with Crippen molar-refractivity contribution in [1.82, 2.24) is 9.55 Å². The van der Waals surface area contributed by atoms with Gasteiger partial charge in [-0.15, -0.1) is 0 Å². The minimum Gasteiger partial charge on any atom is -0.385 e. The Morgan fingerprint density at radius 2 is 2.17 bits per heavy atom. The van der Waals surface area contributed by atoms with Gasteiger partial charge in [-0.05, 0) is 62.1 Å². The summed E-state index contributed by atoms with van der Waals surface area (Å²) in [4.78, 5) is 17.2. The van der Waals surface area contributed by atoms with Crippen LogP contribution in [0.5, 0.6) is 0 Å². The fourth-order valence-corrected chi connectivity index (χ4v) is 3.67. The number of fused-ring (bicyclic) bond motifs is 1. The summed E-state index contributed by atoms with van der Waals surface area (Å²) in [6.07, 6.45) is 2.82. The Morgan fingerprint density at radius 3 is 2.83 bits per heavy atom. The molecule has 1 amide bonds. The number of nitrogens with one attached hydrogen (secondary N) is 1. The van der Waals surface area contributed by atoms with E-state index in [1.165, 1.54) is 25.1 Å². The second-order valence-electron chi connectivity index (χ2n) is 7.71. The predicted molar refractivity (Wildman–Crippen MR) is 107 cm³/mol. The Labute approximate surface area is 167 Å². The van der Waals surface area contributed by atoms with E-state index in [0.29, 0.717) is 22.6 Å². The smallest absolute Gasteiger partial charge is 0.229 e. The Bertz CT molecular complexity index is 1130. The molecule has 1 aliphatic rings. The monoisotopic (exact) mass is 392 g/mol. The zero-order chi connectivity index (χ0) is 20.6. The number of nitriles is 1. The normalized spacial score (nSPS) is 16.1. The third-order valence-electron chi connectivity index (χ3n) is 5.46. The molecule has 1 aliphatic carbocycles. The van der Waals surface area contributed by atoms with Crippen LogP contribution < -0.4 is 5.32 Å². The second kappa shape index (κ2) is 7.30. The van der Waals surface area contributed by atoms with Crippen LogP contribution in [0.25, 0.3) is 11.0 Å². The Kier molecular flexibility index (Phi) is 4.81. The van der Waals surface area contributed by atoms with Gasteiger partial charge >= 0.3 is 0 Å². The quantitative estimate of drug-likeness (QED) is 0.686. The molecule has 0 radical (unpaired) electrons. The number of hydrogen-bond donors (Lipinski definition) is 2. The van der Waals surface area contributed by atoms with Crippen LogP contribution in [0.3, 0.4) is 0 Å². The summed E-state index contributed by atoms with van der Waals surface area (Å²) in [5, 5.41) is 22.7. The molecule has 1 aromatic heterocycles. The SMILES string of the molecule is CC(O)(CC(=O)Nc1nc2ccc(C#N)cc2n1C1CCC1)c1cccc(F)c1. The van der Waals surface area contributed by atoms with E-state index in [1.54, 1.807) is 24.3 Å². The van der Waals surface area contributed by atoms with E-state index < -0.39 is 17.3 Å². The predicted octanol–water partition coefficient (Wildman–Crippen LogP) is 4.01. The molecule has 148 valence electrons. The highest BCUT2D eigenvalue weighted by atomic mass is 19.1. The molecule has 1 unspecified atom stereocenters. The minimum atomic E-state index is -1.52. The number of carbonyl (C=O) groups is 1. The van der Waals surface area contributed by atoms with Gasteiger partial charge in [0.25, 0.3) is 0 Å². The van der Waals surface area contributed by atoms with Crippen molar-refractivity contribution in [3.8, 4) is 6.07 Å². The number of rotatable bonds is 5. The molecular formula is C22H21FN4O2. The van der Waals surface area contributed by atoms with Crippen molar-refractivity contribution < 1.29 is 14.3 Å². The number of halogens is 1. The highest BCUT2D eigenvalue weighted by Crippen LogP contribution is 2.37. The summed E-state index contributed by atoms with van der Waals surface area (Å²) in [7, 11) is 0. The van der Waals surface area contributed by atoms with Crippen molar-refractivity contribution in [2.75, 3.05) is 5.32 Å². The number of benzene rings is 2. The number of carbonyl (C=O) groups excluding carboxylic acids is 1. The third kappa shape index (κ3) is 3.71. The Balaban J connectivity index is 1.62. The van der Waals surface area contributed by atoms with Gasteiger partial charge in [0.15, 0.2) is 0 Å². The lowest BCUT2D eigenvalue weighted by Crippen LogP contribution is -2.30. The number of aliphatic hydroxyl groups is 1. The van der Waals surface area contributed by atoms with Crippen molar-refractivity contribution >= 4 is 22.9 Å². The van der Waals surface area contributed by atoms with Crippen LogP contribution in [0.2, 0.25) is 0 Å². The minimum absolute atomic E-state index is 0.216. The van der Waals surface area contributed by atoms with E-state index in [1.807, 2.05) is 4.57 Å². The lowest BCUT2D eigenvalue weighted by atomic mass is 9.92. The first-order valence-corrected chi connectivity index (χ1v) is 9.58. The molecule has 0 aliphatic heterocycles. The summed E-state index contributed by atoms with van der Waals surface area (Å²) in [6.45, 7) is 1.48. The van der Waals surface area contributed by atoms with Gasteiger partial charge in [-0.25, -0.2) is 9.37 Å². The topological polar surface area (TPSA) is 90.9 Å². The van der Waals surface area contributed by atoms with Gasteiger partial charge in [0.1, 0.15) is 5.82 Å². The largest absolute Gasteiger partial charge is 0.385 e. The molecule has 0 bridgehead atoms. The maximum atomic E-state index is 13.5. The molecule has 7 heteroatoms. The molecule has 0 spiro atoms. The lowest BCUT2D eigenvalue weighted by Gasteiger charge is -2.29. The van der Waals surface area contributed by atoms with Gasteiger partial charge in [-0.3, -0.25) is 10.1 Å². The molecule has 4 rings (SSSR count). The molecule has 1 atom stereocenters. The standard InChI is InChI=1S/C22H21FN4O2/c1-22(29,15-4-2-5-16(23)11-15)12-20(28)26-21-25-18-9-8-14(13-24)10-19(18)27(21)17-6-3-7-17/h2,4-5,8-11,17,29H,3,6-7,12H2,1H3,(H,25,26,28). The molecule has 2 aromatic carbocycles. The summed E-state index contributed by atoms with van der Waals surface area (Å²) in [5.41, 5.74) is 0.848. The molecule has 2 N–H and O–H groups in total. The van der Waals surface area contributed by atoms with E-state index in [2.05, 4.69) is 16.4 Å². The van der Waals surface area contributed by atoms with E-state index in [0.717, 1.165) is 24.8 Å². The van der Waals surface area contributed by atoms with Crippen molar-refractivity contribution in [2.45, 2.75) is 44.2 Å². The molecule has 1 heterocycles. The van der Waals surface area contributed by atoms with Crippen molar-refractivity contribution in [3.05, 3.63) is 59.4 Å². The van der Waals surface area contributed by atoms with Crippen molar-refractivity contribution in [3.63, 3.8) is 0 Å². The number of nitrogens with zero attached hydrogens (tertiary/aromatic N) is 3. The van der Waals surface area contributed by atoms with Crippen LogP contribution in [0.1, 0.15) is 49.8 Å². The van der Waals surface area contributed by atoms with Gasteiger partial charge in [-0.2, -0.15) is 5.26 Å². The van der Waals surface area contributed by atoms with E-state index >= 15 is 0 Å². The average Bonchev–Trinajstić information content (AvgIpc) is 2.96. The number of aromatic nitrogens is 2. The Hall–Kier alpha value is -3.24. The molecule has 3 aromatic rings. The second-order valence-corrected chi connectivity index (χ2v) is 7.71. The number of hydrogen-bond acceptors (Lipinski definition) is 4. The number of anilines is 1. The van der Waals surface area contributed by atoms with Gasteiger partial charge in [0.05, 0.1) is 34.7 Å². The zero-order valence-corrected chi connectivity index (χ0v) is 16.0. The fourth-order valence-electron chi connectivity index (χ4n) is 3.67. The van der Waals surface area contributed by atoms with Gasteiger partial charge < -0.3 is 9.67 Å². The average molecular weight is 392 g/mol. The Morgan fingerprint density at radius 1 is 1.38 bits per heavy atom. The molecule has 0 saturated heterocycles. The van der Waals surface area contributed by atoms with Crippen LogP contribution in [0.4, 0.5) is 10.3 Å². The van der Waals surface area contributed by atoms with Crippen LogP contribution in [-0.2, 0) is 10.4 Å². The molecule has 29 heavy (non-hydrogen) atoms. The van der Waals surface area contributed by atoms with Crippen LogP contribution >= 0.6 is 0 Å². The van der Waals surface area contributed by atoms with Gasteiger partial charge in [0, 0.05) is 6.04 Å². The summed E-state index contributed by atoms with van der Waals surface area (Å²) < 4.78 is 15.5. The van der Waals surface area contributed by atoms with Crippen LogP contribution in [-0.4, -0.2) is 20.6 Å². The third-order valence-corrected chi connectivity index (χ3v) is 5.46. The highest BCUT2D eigenvalue weighted by molar-refractivity contribution is 5.92. The van der Waals surface area contributed by atoms with Crippen LogP contribution in [0, 0.1) is 17.1 Å². The van der Waals surface area contributed by atoms with Gasteiger partial charge in [0.2, 0.25) is 11.9 Å². The first kappa shape index (κ1) is 19.1. The first-order valence-electron chi connectivity index (χ1n) is 9.58. The van der Waals surface area contributed by atoms with E-state index in [4.69, 9.17) is 0 Å². The number of imidazole rings is 1. The van der Waals surface area contributed by atoms with Crippen molar-refractivity contribution in [2.24, 2.45) is 0 Å².